The summed E-state index contributed by atoms with van der Waals surface area (Å²) in [6.07, 6.45) is 0.841. The summed E-state index contributed by atoms with van der Waals surface area (Å²) in [7, 11) is 0. The van der Waals surface area contributed by atoms with Crippen molar-refractivity contribution < 1.29 is 8.94 Å². The van der Waals surface area contributed by atoms with E-state index in [9.17, 15) is 0 Å². The molecule has 0 aliphatic heterocycles. The number of nitrogens with zero attached hydrogens (tertiary/aromatic N) is 1. The Morgan fingerprint density at radius 3 is 2.58 bits per heavy atom. The second kappa shape index (κ2) is 4.65. The fourth-order valence-corrected chi connectivity index (χ4v) is 2.05. The molecule has 3 rings (SSSR count). The summed E-state index contributed by atoms with van der Waals surface area (Å²) in [5.41, 5.74) is 8.26. The molecular weight excluding hydrogens is 240 g/mol. The lowest BCUT2D eigenvalue weighted by atomic mass is 10.0. The van der Waals surface area contributed by atoms with Crippen molar-refractivity contribution in [3.05, 3.63) is 48.2 Å². The van der Waals surface area contributed by atoms with Gasteiger partial charge in [-0.25, -0.2) is 0 Å². The van der Waals surface area contributed by atoms with Crippen molar-refractivity contribution in [1.29, 1.82) is 0 Å². The van der Waals surface area contributed by atoms with E-state index in [0.29, 0.717) is 17.3 Å². The molecule has 0 saturated heterocycles. The highest BCUT2D eigenvalue weighted by Gasteiger charge is 2.19. The zero-order valence-electron chi connectivity index (χ0n) is 10.6. The number of nitrogens with two attached hydrogens (primary N) is 1. The zero-order chi connectivity index (χ0) is 13.2. The van der Waals surface area contributed by atoms with Gasteiger partial charge in [0.15, 0.2) is 11.5 Å². The van der Waals surface area contributed by atoms with Crippen LogP contribution >= 0.6 is 0 Å². The van der Waals surface area contributed by atoms with Gasteiger partial charge in [0.2, 0.25) is 5.88 Å². The molecule has 0 unspecified atom stereocenters. The molecule has 0 spiro atoms. The molecule has 1 aromatic carbocycles. The van der Waals surface area contributed by atoms with E-state index in [4.69, 9.17) is 14.7 Å². The van der Waals surface area contributed by atoms with Gasteiger partial charge in [-0.3, -0.25) is 0 Å². The van der Waals surface area contributed by atoms with Gasteiger partial charge >= 0.3 is 0 Å². The average molecular weight is 254 g/mol. The average Bonchev–Trinajstić information content (AvgIpc) is 3.05. The number of hydrogen-bond acceptors (Lipinski definition) is 4. The first-order valence-corrected chi connectivity index (χ1v) is 6.19. The lowest BCUT2D eigenvalue weighted by Gasteiger charge is -2.00. The van der Waals surface area contributed by atoms with Crippen LogP contribution < -0.4 is 5.73 Å². The molecule has 3 aromatic rings. The third-order valence-corrected chi connectivity index (χ3v) is 3.02. The van der Waals surface area contributed by atoms with Crippen molar-refractivity contribution in [1.82, 2.24) is 5.16 Å². The third-order valence-electron chi connectivity index (χ3n) is 3.02. The summed E-state index contributed by atoms with van der Waals surface area (Å²) in [4.78, 5) is 0. The number of aromatic nitrogens is 1. The van der Waals surface area contributed by atoms with Crippen LogP contribution in [0.15, 0.2) is 51.4 Å². The molecule has 0 aliphatic carbocycles. The standard InChI is InChI=1S/C15H14N2O2/c1-2-11-8-9-12(18-11)14-13(15(16)19-17-14)10-6-4-3-5-7-10/h3-9H,2,16H2,1H3. The first kappa shape index (κ1) is 11.6. The molecule has 0 bridgehead atoms. The molecule has 0 radical (unpaired) electrons. The Morgan fingerprint density at radius 1 is 1.11 bits per heavy atom. The van der Waals surface area contributed by atoms with Gasteiger partial charge in [0.25, 0.3) is 0 Å². The van der Waals surface area contributed by atoms with Crippen LogP contribution in [-0.4, -0.2) is 5.16 Å². The number of anilines is 1. The van der Waals surface area contributed by atoms with Crippen LogP contribution in [0.4, 0.5) is 5.88 Å². The maximum Gasteiger partial charge on any atom is 0.230 e. The Bertz CT molecular complexity index is 683. The number of benzene rings is 1. The molecule has 4 heteroatoms. The van der Waals surface area contributed by atoms with E-state index in [1.807, 2.05) is 49.4 Å². The summed E-state index contributed by atoms with van der Waals surface area (Å²) in [5.74, 6) is 1.89. The Balaban J connectivity index is 2.13. The van der Waals surface area contributed by atoms with Gasteiger partial charge in [-0.15, -0.1) is 0 Å². The second-order valence-electron chi connectivity index (χ2n) is 4.26. The van der Waals surface area contributed by atoms with Crippen LogP contribution in [0.3, 0.4) is 0 Å². The molecular formula is C15H14N2O2. The van der Waals surface area contributed by atoms with Gasteiger partial charge in [-0.1, -0.05) is 42.4 Å². The summed E-state index contributed by atoms with van der Waals surface area (Å²) in [5, 5.41) is 4.02. The maximum atomic E-state index is 5.88. The molecule has 0 atom stereocenters. The first-order valence-electron chi connectivity index (χ1n) is 6.19. The number of aryl methyl sites for hydroxylation is 1. The molecule has 2 N–H and O–H groups in total. The van der Waals surface area contributed by atoms with E-state index >= 15 is 0 Å². The minimum atomic E-state index is 0.302. The van der Waals surface area contributed by atoms with Gasteiger partial charge in [0.05, 0.1) is 5.56 Å². The van der Waals surface area contributed by atoms with Gasteiger partial charge in [-0.2, -0.15) is 0 Å². The number of nitrogen functional groups attached to an aromatic ring is 1. The quantitative estimate of drug-likeness (QED) is 0.773. The SMILES string of the molecule is CCc1ccc(-c2noc(N)c2-c2ccccc2)o1. The molecule has 0 aliphatic rings. The van der Waals surface area contributed by atoms with E-state index in [0.717, 1.165) is 23.3 Å². The van der Waals surface area contributed by atoms with Crippen molar-refractivity contribution in [3.8, 4) is 22.6 Å². The monoisotopic (exact) mass is 254 g/mol. The smallest absolute Gasteiger partial charge is 0.230 e. The van der Waals surface area contributed by atoms with Gasteiger partial charge < -0.3 is 14.7 Å². The molecule has 0 saturated carbocycles. The molecule has 2 aromatic heterocycles. The maximum absolute atomic E-state index is 5.88. The Hall–Kier alpha value is -2.49. The van der Waals surface area contributed by atoms with Gasteiger partial charge in [0, 0.05) is 6.42 Å². The summed E-state index contributed by atoms with van der Waals surface area (Å²) in [6.45, 7) is 2.04. The van der Waals surface area contributed by atoms with Crippen LogP contribution in [0.2, 0.25) is 0 Å². The minimum absolute atomic E-state index is 0.302. The van der Waals surface area contributed by atoms with Gasteiger partial charge in [0.1, 0.15) is 5.76 Å². The van der Waals surface area contributed by atoms with E-state index in [2.05, 4.69) is 5.16 Å². The van der Waals surface area contributed by atoms with E-state index in [-0.39, 0.29) is 0 Å². The van der Waals surface area contributed by atoms with Crippen LogP contribution in [0, 0.1) is 0 Å². The highest BCUT2D eigenvalue weighted by Crippen LogP contribution is 2.36. The molecule has 2 heterocycles. The number of hydrogen-bond donors (Lipinski definition) is 1. The fraction of sp³-hybridized carbons (Fsp3) is 0.133. The predicted molar refractivity (Wildman–Crippen MR) is 73.4 cm³/mol. The summed E-state index contributed by atoms with van der Waals surface area (Å²) >= 11 is 0. The Morgan fingerprint density at radius 2 is 1.89 bits per heavy atom. The van der Waals surface area contributed by atoms with Crippen molar-refractivity contribution in [2.75, 3.05) is 5.73 Å². The van der Waals surface area contributed by atoms with Crippen LogP contribution in [0.5, 0.6) is 0 Å². The second-order valence-corrected chi connectivity index (χ2v) is 4.26. The summed E-state index contributed by atoms with van der Waals surface area (Å²) < 4.78 is 10.8. The van der Waals surface area contributed by atoms with E-state index < -0.39 is 0 Å². The lowest BCUT2D eigenvalue weighted by Crippen LogP contribution is -1.86. The van der Waals surface area contributed by atoms with E-state index in [1.54, 1.807) is 0 Å². The Kier molecular flexibility index (Phi) is 2.83. The van der Waals surface area contributed by atoms with Crippen molar-refractivity contribution in [3.63, 3.8) is 0 Å². The topological polar surface area (TPSA) is 65.2 Å². The molecule has 0 amide bonds. The van der Waals surface area contributed by atoms with Crippen LogP contribution in [0.25, 0.3) is 22.6 Å². The summed E-state index contributed by atoms with van der Waals surface area (Å²) in [6, 6.07) is 13.6. The normalized spacial score (nSPS) is 10.8. The number of rotatable bonds is 3. The van der Waals surface area contributed by atoms with Crippen molar-refractivity contribution in [2.24, 2.45) is 0 Å². The fourth-order valence-electron chi connectivity index (χ4n) is 2.05. The molecule has 0 fully saturated rings. The first-order chi connectivity index (χ1) is 9.29. The number of furan rings is 1. The molecule has 19 heavy (non-hydrogen) atoms. The largest absolute Gasteiger partial charge is 0.459 e. The highest BCUT2D eigenvalue weighted by molar-refractivity contribution is 5.85. The predicted octanol–water partition coefficient (Wildman–Crippen LogP) is 3.75. The third kappa shape index (κ3) is 2.01. The highest BCUT2D eigenvalue weighted by atomic mass is 16.5. The Labute approximate surface area is 110 Å². The lowest BCUT2D eigenvalue weighted by molar-refractivity contribution is 0.434. The van der Waals surface area contributed by atoms with Crippen LogP contribution in [0.1, 0.15) is 12.7 Å². The molecule has 96 valence electrons. The zero-order valence-corrected chi connectivity index (χ0v) is 10.6. The van der Waals surface area contributed by atoms with E-state index in [1.165, 1.54) is 0 Å². The van der Waals surface area contributed by atoms with Crippen molar-refractivity contribution in [2.45, 2.75) is 13.3 Å². The molecule has 4 nitrogen and oxygen atoms in total. The minimum Gasteiger partial charge on any atom is -0.459 e. The van der Waals surface area contributed by atoms with Crippen molar-refractivity contribution >= 4 is 5.88 Å². The van der Waals surface area contributed by atoms with Gasteiger partial charge in [-0.05, 0) is 17.7 Å². The van der Waals surface area contributed by atoms with Crippen LogP contribution in [-0.2, 0) is 6.42 Å².